The Morgan fingerprint density at radius 1 is 1.56 bits per heavy atom. The van der Waals surface area contributed by atoms with Crippen LogP contribution in [0.3, 0.4) is 0 Å². The summed E-state index contributed by atoms with van der Waals surface area (Å²) in [5.41, 5.74) is 2.51. The molecule has 0 amide bonds. The number of hydrogen-bond donors (Lipinski definition) is 1. The van der Waals surface area contributed by atoms with Gasteiger partial charge in [0.2, 0.25) is 0 Å². The fraction of sp³-hybridized carbons (Fsp3) is 0.417. The van der Waals surface area contributed by atoms with Crippen molar-refractivity contribution in [1.82, 2.24) is 0 Å². The lowest BCUT2D eigenvalue weighted by molar-refractivity contribution is -0.142. The van der Waals surface area contributed by atoms with Gasteiger partial charge in [-0.2, -0.15) is 0 Å². The topological polar surface area (TPSA) is 49.8 Å². The van der Waals surface area contributed by atoms with Gasteiger partial charge in [-0.1, -0.05) is 18.2 Å². The number of carboxylic acids is 1. The molecule has 0 aliphatic carbocycles. The molecule has 0 saturated carbocycles. The molecule has 4 heteroatoms. The number of anilines is 1. The maximum atomic E-state index is 10.3. The second-order valence-electron chi connectivity index (χ2n) is 4.01. The summed E-state index contributed by atoms with van der Waals surface area (Å²) in [5, 5.41) is 8.49. The van der Waals surface area contributed by atoms with Crippen LogP contribution in [-0.2, 0) is 16.0 Å². The predicted octanol–water partition coefficient (Wildman–Crippen LogP) is 1.15. The van der Waals surface area contributed by atoms with Gasteiger partial charge in [-0.15, -0.1) is 0 Å². The quantitative estimate of drug-likeness (QED) is 0.828. The minimum Gasteiger partial charge on any atom is -0.480 e. The van der Waals surface area contributed by atoms with Crippen LogP contribution in [0.1, 0.15) is 5.56 Å². The number of nitrogens with zero attached hydrogens (tertiary/aromatic N) is 1. The van der Waals surface area contributed by atoms with Gasteiger partial charge < -0.3 is 14.7 Å². The van der Waals surface area contributed by atoms with Crippen molar-refractivity contribution in [2.45, 2.75) is 12.5 Å². The summed E-state index contributed by atoms with van der Waals surface area (Å²) in [6.45, 7) is 0.234. The molecule has 1 heterocycles. The molecule has 4 nitrogen and oxygen atoms in total. The molecule has 0 spiro atoms. The number of rotatable bonds is 4. The third kappa shape index (κ3) is 2.17. The first kappa shape index (κ1) is 11.0. The lowest BCUT2D eigenvalue weighted by atomic mass is 10.1. The van der Waals surface area contributed by atoms with E-state index in [4.69, 9.17) is 9.84 Å². The highest BCUT2D eigenvalue weighted by atomic mass is 16.5. The molecular formula is C12H15NO3. The number of hydrogen-bond acceptors (Lipinski definition) is 3. The lowest BCUT2D eigenvalue weighted by Gasteiger charge is -2.22. The zero-order valence-electron chi connectivity index (χ0n) is 9.22. The van der Waals surface area contributed by atoms with E-state index in [1.54, 1.807) is 0 Å². The molecule has 1 N–H and O–H groups in total. The van der Waals surface area contributed by atoms with Gasteiger partial charge in [0.25, 0.3) is 0 Å². The summed E-state index contributed by atoms with van der Waals surface area (Å²) < 4.78 is 5.14. The Morgan fingerprint density at radius 3 is 3.00 bits per heavy atom. The Labute approximate surface area is 94.4 Å². The molecule has 16 heavy (non-hydrogen) atoms. The smallest absolute Gasteiger partial charge is 0.329 e. The number of para-hydroxylation sites is 1. The molecule has 2 rings (SSSR count). The largest absolute Gasteiger partial charge is 0.480 e. The summed E-state index contributed by atoms with van der Waals surface area (Å²) in [7, 11) is 2.01. The van der Waals surface area contributed by atoms with Gasteiger partial charge in [0.05, 0.1) is 12.6 Å². The van der Waals surface area contributed by atoms with Crippen LogP contribution in [-0.4, -0.2) is 37.4 Å². The van der Waals surface area contributed by atoms with Gasteiger partial charge in [-0.3, -0.25) is 0 Å². The molecule has 0 fully saturated rings. The Morgan fingerprint density at radius 2 is 2.31 bits per heavy atom. The first-order valence-electron chi connectivity index (χ1n) is 5.29. The highest BCUT2D eigenvalue weighted by Gasteiger charge is 2.25. The average Bonchev–Trinajstić information content (AvgIpc) is 2.56. The maximum absolute atomic E-state index is 10.3. The zero-order valence-corrected chi connectivity index (χ0v) is 9.22. The zero-order chi connectivity index (χ0) is 11.5. The van der Waals surface area contributed by atoms with E-state index in [0.29, 0.717) is 6.61 Å². The van der Waals surface area contributed by atoms with Gasteiger partial charge in [0.1, 0.15) is 6.61 Å². The van der Waals surface area contributed by atoms with Gasteiger partial charge >= 0.3 is 5.97 Å². The van der Waals surface area contributed by atoms with E-state index in [1.807, 2.05) is 19.2 Å². The standard InChI is InChI=1S/C12H15NO3/c1-13-10(7-16-8-12(14)15)6-9-4-2-3-5-11(9)13/h2-5,10H,6-8H2,1H3,(H,14,15)/t10-/m0/s1. The van der Waals surface area contributed by atoms with E-state index in [9.17, 15) is 4.79 Å². The van der Waals surface area contributed by atoms with Crippen LogP contribution in [0.25, 0.3) is 0 Å². The number of ether oxygens (including phenoxy) is 1. The van der Waals surface area contributed by atoms with E-state index in [1.165, 1.54) is 11.3 Å². The molecule has 1 aromatic carbocycles. The molecule has 0 aromatic heterocycles. The van der Waals surface area contributed by atoms with Crippen molar-refractivity contribution in [2.75, 3.05) is 25.2 Å². The molecule has 0 radical (unpaired) electrons. The van der Waals surface area contributed by atoms with Crippen molar-refractivity contribution < 1.29 is 14.6 Å². The third-order valence-electron chi connectivity index (χ3n) is 2.91. The van der Waals surface area contributed by atoms with Crippen molar-refractivity contribution in [3.05, 3.63) is 29.8 Å². The summed E-state index contributed by atoms with van der Waals surface area (Å²) in [5.74, 6) is -0.918. The molecule has 1 aromatic rings. The van der Waals surface area contributed by atoms with Crippen LogP contribution in [0.4, 0.5) is 5.69 Å². The molecule has 86 valence electrons. The molecular weight excluding hydrogens is 206 g/mol. The Kier molecular flexibility index (Phi) is 3.10. The molecule has 0 unspecified atom stereocenters. The summed E-state index contributed by atoms with van der Waals surface area (Å²) in [6.07, 6.45) is 0.923. The summed E-state index contributed by atoms with van der Waals surface area (Å²) >= 11 is 0. The molecule has 1 aliphatic heterocycles. The Hall–Kier alpha value is -1.55. The van der Waals surface area contributed by atoms with Gasteiger partial charge in [-0.05, 0) is 18.1 Å². The molecule has 1 atom stereocenters. The van der Waals surface area contributed by atoms with E-state index in [0.717, 1.165) is 6.42 Å². The van der Waals surface area contributed by atoms with Crippen LogP contribution in [0.2, 0.25) is 0 Å². The van der Waals surface area contributed by atoms with E-state index in [-0.39, 0.29) is 12.6 Å². The first-order chi connectivity index (χ1) is 7.68. The summed E-state index contributed by atoms with van der Waals surface area (Å²) in [4.78, 5) is 12.5. The van der Waals surface area contributed by atoms with Crippen molar-refractivity contribution >= 4 is 11.7 Å². The second kappa shape index (κ2) is 4.53. The second-order valence-corrected chi connectivity index (χ2v) is 4.01. The molecule has 0 bridgehead atoms. The van der Waals surface area contributed by atoms with Gasteiger partial charge in [0.15, 0.2) is 0 Å². The third-order valence-corrected chi connectivity index (χ3v) is 2.91. The number of carboxylic acid groups (broad SMARTS) is 1. The average molecular weight is 221 g/mol. The van der Waals surface area contributed by atoms with Gasteiger partial charge in [0, 0.05) is 12.7 Å². The van der Waals surface area contributed by atoms with Crippen molar-refractivity contribution in [1.29, 1.82) is 0 Å². The number of carbonyl (C=O) groups is 1. The van der Waals surface area contributed by atoms with Gasteiger partial charge in [-0.25, -0.2) is 4.79 Å². The maximum Gasteiger partial charge on any atom is 0.329 e. The highest BCUT2D eigenvalue weighted by Crippen LogP contribution is 2.30. The molecule has 1 aliphatic rings. The summed E-state index contributed by atoms with van der Waals surface area (Å²) in [6, 6.07) is 8.45. The van der Waals surface area contributed by atoms with Crippen LogP contribution in [0.5, 0.6) is 0 Å². The highest BCUT2D eigenvalue weighted by molar-refractivity contribution is 5.68. The monoisotopic (exact) mass is 221 g/mol. The van der Waals surface area contributed by atoms with Crippen molar-refractivity contribution in [3.63, 3.8) is 0 Å². The van der Waals surface area contributed by atoms with Crippen LogP contribution < -0.4 is 4.90 Å². The van der Waals surface area contributed by atoms with E-state index < -0.39 is 5.97 Å². The normalized spacial score (nSPS) is 18.6. The number of fused-ring (bicyclic) bond motifs is 1. The minimum atomic E-state index is -0.918. The SMILES string of the molecule is CN1c2ccccc2C[C@H]1COCC(=O)O. The Bertz CT molecular complexity index is 392. The van der Waals surface area contributed by atoms with E-state index >= 15 is 0 Å². The lowest BCUT2D eigenvalue weighted by Crippen LogP contribution is -2.33. The fourth-order valence-corrected chi connectivity index (χ4v) is 2.07. The van der Waals surface area contributed by atoms with Crippen LogP contribution in [0, 0.1) is 0 Å². The number of aliphatic carboxylic acids is 1. The first-order valence-corrected chi connectivity index (χ1v) is 5.29. The fourth-order valence-electron chi connectivity index (χ4n) is 2.07. The number of benzene rings is 1. The Balaban J connectivity index is 1.94. The van der Waals surface area contributed by atoms with E-state index in [2.05, 4.69) is 17.0 Å². The van der Waals surface area contributed by atoms with Crippen LogP contribution in [0.15, 0.2) is 24.3 Å². The van der Waals surface area contributed by atoms with Crippen molar-refractivity contribution in [2.24, 2.45) is 0 Å². The molecule has 0 saturated heterocycles. The predicted molar refractivity (Wildman–Crippen MR) is 60.8 cm³/mol. The number of likely N-dealkylation sites (N-methyl/N-ethyl adjacent to an activating group) is 1. The van der Waals surface area contributed by atoms with Crippen molar-refractivity contribution in [3.8, 4) is 0 Å². The van der Waals surface area contributed by atoms with Crippen LogP contribution >= 0.6 is 0 Å². The minimum absolute atomic E-state index is 0.222.